The zero-order valence-corrected chi connectivity index (χ0v) is 15.6. The van der Waals surface area contributed by atoms with Gasteiger partial charge >= 0.3 is 0 Å². The standard InChI is InChI=1S/C22H22FN3O2/c1-15-25-17(13-22(28)26-15)11-12-24-21(27)14-19(16-7-3-2-4-8-16)18-9-5-6-10-20(18)23/h2-10,13,19H,11-12,14H2,1H3,(H,24,27)(H,25,26,28)/t19-/m0/s1. The fourth-order valence-corrected chi connectivity index (χ4v) is 3.21. The van der Waals surface area contributed by atoms with Crippen molar-refractivity contribution in [1.82, 2.24) is 15.3 Å². The molecule has 1 amide bonds. The van der Waals surface area contributed by atoms with Crippen LogP contribution in [-0.4, -0.2) is 22.4 Å². The molecular formula is C22H22FN3O2. The van der Waals surface area contributed by atoms with E-state index >= 15 is 0 Å². The summed E-state index contributed by atoms with van der Waals surface area (Å²) in [5.74, 6) is -0.342. The van der Waals surface area contributed by atoms with Crippen LogP contribution in [0.2, 0.25) is 0 Å². The molecule has 144 valence electrons. The summed E-state index contributed by atoms with van der Waals surface area (Å²) in [4.78, 5) is 30.8. The summed E-state index contributed by atoms with van der Waals surface area (Å²) in [5, 5.41) is 2.85. The number of nitrogens with one attached hydrogen (secondary N) is 2. The number of hydrogen-bond acceptors (Lipinski definition) is 3. The van der Waals surface area contributed by atoms with Crippen LogP contribution >= 0.6 is 0 Å². The highest BCUT2D eigenvalue weighted by Gasteiger charge is 2.20. The molecule has 0 aliphatic heterocycles. The molecule has 5 nitrogen and oxygen atoms in total. The Morgan fingerprint density at radius 3 is 2.57 bits per heavy atom. The number of aromatic amines is 1. The molecule has 0 bridgehead atoms. The van der Waals surface area contributed by atoms with Crippen LogP contribution in [0.25, 0.3) is 0 Å². The summed E-state index contributed by atoms with van der Waals surface area (Å²) in [6.07, 6.45) is 0.582. The maximum atomic E-state index is 14.4. The first-order valence-corrected chi connectivity index (χ1v) is 9.16. The van der Waals surface area contributed by atoms with Gasteiger partial charge in [0.05, 0.1) is 0 Å². The van der Waals surface area contributed by atoms with Crippen molar-refractivity contribution in [2.24, 2.45) is 0 Å². The van der Waals surface area contributed by atoms with Crippen molar-refractivity contribution < 1.29 is 9.18 Å². The molecule has 0 spiro atoms. The Morgan fingerprint density at radius 2 is 1.86 bits per heavy atom. The monoisotopic (exact) mass is 379 g/mol. The molecule has 0 saturated carbocycles. The molecule has 1 heterocycles. The number of nitrogens with zero attached hydrogens (tertiary/aromatic N) is 1. The summed E-state index contributed by atoms with van der Waals surface area (Å²) in [6, 6.07) is 17.4. The smallest absolute Gasteiger partial charge is 0.251 e. The summed E-state index contributed by atoms with van der Waals surface area (Å²) >= 11 is 0. The van der Waals surface area contributed by atoms with E-state index in [9.17, 15) is 14.0 Å². The minimum absolute atomic E-state index is 0.132. The minimum atomic E-state index is -0.373. The van der Waals surface area contributed by atoms with Gasteiger partial charge in [-0.25, -0.2) is 9.37 Å². The molecule has 28 heavy (non-hydrogen) atoms. The molecule has 0 fully saturated rings. The van der Waals surface area contributed by atoms with Gasteiger partial charge in [-0.2, -0.15) is 0 Å². The van der Waals surface area contributed by atoms with Crippen LogP contribution in [0.3, 0.4) is 0 Å². The van der Waals surface area contributed by atoms with Crippen molar-refractivity contribution in [2.75, 3.05) is 6.54 Å². The van der Waals surface area contributed by atoms with Crippen molar-refractivity contribution in [3.8, 4) is 0 Å². The van der Waals surface area contributed by atoms with Gasteiger partial charge in [0.15, 0.2) is 0 Å². The number of carbonyl (C=O) groups excluding carboxylic acids is 1. The van der Waals surface area contributed by atoms with E-state index in [1.54, 1.807) is 25.1 Å². The van der Waals surface area contributed by atoms with Crippen LogP contribution in [-0.2, 0) is 11.2 Å². The number of hydrogen-bond donors (Lipinski definition) is 2. The van der Waals surface area contributed by atoms with Gasteiger partial charge < -0.3 is 10.3 Å². The summed E-state index contributed by atoms with van der Waals surface area (Å²) in [7, 11) is 0. The molecule has 2 N–H and O–H groups in total. The van der Waals surface area contributed by atoms with E-state index < -0.39 is 0 Å². The predicted molar refractivity (Wildman–Crippen MR) is 106 cm³/mol. The minimum Gasteiger partial charge on any atom is -0.356 e. The normalized spacial score (nSPS) is 11.8. The predicted octanol–water partition coefficient (Wildman–Crippen LogP) is 3.10. The van der Waals surface area contributed by atoms with E-state index in [4.69, 9.17) is 0 Å². The third-order valence-corrected chi connectivity index (χ3v) is 4.49. The van der Waals surface area contributed by atoms with Crippen LogP contribution in [0.15, 0.2) is 65.5 Å². The van der Waals surface area contributed by atoms with Crippen molar-refractivity contribution in [3.05, 3.63) is 99.5 Å². The van der Waals surface area contributed by atoms with E-state index in [1.807, 2.05) is 30.3 Å². The number of rotatable bonds is 7. The van der Waals surface area contributed by atoms with Crippen LogP contribution in [0.4, 0.5) is 4.39 Å². The Morgan fingerprint density at radius 1 is 1.14 bits per heavy atom. The zero-order chi connectivity index (χ0) is 19.9. The van der Waals surface area contributed by atoms with Crippen molar-refractivity contribution in [3.63, 3.8) is 0 Å². The molecular weight excluding hydrogens is 357 g/mol. The number of H-pyrrole nitrogens is 1. The van der Waals surface area contributed by atoms with E-state index in [0.717, 1.165) is 5.56 Å². The topological polar surface area (TPSA) is 74.8 Å². The van der Waals surface area contributed by atoms with Gasteiger partial charge in [-0.3, -0.25) is 9.59 Å². The summed E-state index contributed by atoms with van der Waals surface area (Å²) < 4.78 is 14.4. The van der Waals surface area contributed by atoms with Crippen molar-refractivity contribution in [1.29, 1.82) is 0 Å². The molecule has 0 aliphatic carbocycles. The fourth-order valence-electron chi connectivity index (χ4n) is 3.21. The lowest BCUT2D eigenvalue weighted by Gasteiger charge is -2.18. The molecule has 0 aliphatic rings. The molecule has 6 heteroatoms. The number of amides is 1. The Kier molecular flexibility index (Phi) is 6.32. The SMILES string of the molecule is Cc1nc(CCNC(=O)C[C@@H](c2ccccc2)c2ccccc2F)cc(=O)[nH]1. The van der Waals surface area contributed by atoms with E-state index in [0.29, 0.717) is 30.0 Å². The molecule has 1 aromatic heterocycles. The second-order valence-electron chi connectivity index (χ2n) is 6.61. The molecule has 1 atom stereocenters. The Balaban J connectivity index is 1.68. The first-order valence-electron chi connectivity index (χ1n) is 9.16. The molecule has 3 aromatic rings. The largest absolute Gasteiger partial charge is 0.356 e. The van der Waals surface area contributed by atoms with Gasteiger partial charge in [0.25, 0.3) is 5.56 Å². The second-order valence-corrected chi connectivity index (χ2v) is 6.61. The van der Waals surface area contributed by atoms with Gasteiger partial charge in [-0.05, 0) is 24.1 Å². The molecule has 2 aromatic carbocycles. The Hall–Kier alpha value is -3.28. The Bertz CT molecular complexity index is 1000. The lowest BCUT2D eigenvalue weighted by Crippen LogP contribution is -2.28. The fraction of sp³-hybridized carbons (Fsp3) is 0.227. The van der Waals surface area contributed by atoms with Gasteiger partial charge in [-0.15, -0.1) is 0 Å². The molecule has 0 saturated heterocycles. The van der Waals surface area contributed by atoms with Crippen LogP contribution in [0.1, 0.15) is 35.0 Å². The number of aromatic nitrogens is 2. The highest BCUT2D eigenvalue weighted by atomic mass is 19.1. The molecule has 0 radical (unpaired) electrons. The second kappa shape index (κ2) is 9.08. The Labute approximate surface area is 162 Å². The van der Waals surface area contributed by atoms with E-state index in [-0.39, 0.29) is 29.6 Å². The lowest BCUT2D eigenvalue weighted by atomic mass is 9.88. The average Bonchev–Trinajstić information content (AvgIpc) is 2.67. The highest BCUT2D eigenvalue weighted by Crippen LogP contribution is 2.29. The number of carbonyl (C=O) groups is 1. The number of benzene rings is 2. The maximum Gasteiger partial charge on any atom is 0.251 e. The first kappa shape index (κ1) is 19.5. The molecule has 3 rings (SSSR count). The van der Waals surface area contributed by atoms with Gasteiger partial charge in [0.2, 0.25) is 5.91 Å². The summed E-state index contributed by atoms with van der Waals surface area (Å²) in [5.41, 5.74) is 1.79. The molecule has 0 unspecified atom stereocenters. The summed E-state index contributed by atoms with van der Waals surface area (Å²) in [6.45, 7) is 2.07. The first-order chi connectivity index (χ1) is 13.5. The van der Waals surface area contributed by atoms with E-state index in [1.165, 1.54) is 12.1 Å². The maximum absolute atomic E-state index is 14.4. The third kappa shape index (κ3) is 5.13. The average molecular weight is 379 g/mol. The van der Waals surface area contributed by atoms with Gasteiger partial charge in [0.1, 0.15) is 11.6 Å². The van der Waals surface area contributed by atoms with Crippen LogP contribution < -0.4 is 10.9 Å². The van der Waals surface area contributed by atoms with E-state index in [2.05, 4.69) is 15.3 Å². The third-order valence-electron chi connectivity index (χ3n) is 4.49. The number of aryl methyl sites for hydroxylation is 1. The quantitative estimate of drug-likeness (QED) is 0.662. The van der Waals surface area contributed by atoms with Crippen molar-refractivity contribution in [2.45, 2.75) is 25.7 Å². The van der Waals surface area contributed by atoms with Crippen LogP contribution in [0, 0.1) is 12.7 Å². The van der Waals surface area contributed by atoms with Crippen molar-refractivity contribution >= 4 is 5.91 Å². The van der Waals surface area contributed by atoms with Gasteiger partial charge in [-0.1, -0.05) is 48.5 Å². The van der Waals surface area contributed by atoms with Crippen LogP contribution in [0.5, 0.6) is 0 Å². The number of halogens is 1. The van der Waals surface area contributed by atoms with Gasteiger partial charge in [0, 0.05) is 37.1 Å². The lowest BCUT2D eigenvalue weighted by molar-refractivity contribution is -0.121. The highest BCUT2D eigenvalue weighted by molar-refractivity contribution is 5.77. The zero-order valence-electron chi connectivity index (χ0n) is 15.6.